The molecule has 2 atom stereocenters. The van der Waals surface area contributed by atoms with Crippen molar-refractivity contribution in [3.8, 4) is 0 Å². The van der Waals surface area contributed by atoms with Crippen molar-refractivity contribution in [2.24, 2.45) is 5.41 Å². The number of ether oxygens (including phenoxy) is 2. The van der Waals surface area contributed by atoms with Crippen molar-refractivity contribution in [2.45, 2.75) is 82.7 Å². The molecule has 0 spiro atoms. The molecule has 0 radical (unpaired) electrons. The van der Waals surface area contributed by atoms with Gasteiger partial charge >= 0.3 is 0 Å². The van der Waals surface area contributed by atoms with Gasteiger partial charge in [-0.2, -0.15) is 0 Å². The summed E-state index contributed by atoms with van der Waals surface area (Å²) in [6.07, 6.45) is 4.51. The first-order valence-corrected chi connectivity index (χ1v) is 13.4. The maximum atomic E-state index is 6.60. The van der Waals surface area contributed by atoms with Gasteiger partial charge in [0.1, 0.15) is 23.6 Å². The molecule has 1 saturated heterocycles. The molecule has 0 amide bonds. The zero-order valence-corrected chi connectivity index (χ0v) is 19.9. The molecule has 1 aromatic rings. The lowest BCUT2D eigenvalue weighted by atomic mass is 9.95. The number of allylic oxidation sites excluding steroid dienone is 1. The minimum atomic E-state index is -1.93. The molecule has 1 fully saturated rings. The quantitative estimate of drug-likeness (QED) is 0.412. The summed E-state index contributed by atoms with van der Waals surface area (Å²) in [6, 6.07) is 5.91. The first-order chi connectivity index (χ1) is 12.4. The van der Waals surface area contributed by atoms with Gasteiger partial charge in [0.15, 0.2) is 0 Å². The minimum Gasteiger partial charge on any atom is -0.544 e. The standard InChI is InChI=1S/C21H35NO3SSi/c1-20(2,3)17(25-27(7,8)21(4,5)6)15-24-16-12-14-23-19(16)26-18-11-9-10-13-22-18/h9-11,13,15-16,19H,12,14H2,1-8H3/b17-15-/t16-,19+/m1/s1. The van der Waals surface area contributed by atoms with Crippen molar-refractivity contribution in [2.75, 3.05) is 6.61 Å². The van der Waals surface area contributed by atoms with E-state index >= 15 is 0 Å². The molecule has 0 aliphatic carbocycles. The van der Waals surface area contributed by atoms with Gasteiger partial charge in [-0.25, -0.2) is 4.98 Å². The predicted octanol–water partition coefficient (Wildman–Crippen LogP) is 6.21. The molecule has 1 aromatic heterocycles. The lowest BCUT2D eigenvalue weighted by molar-refractivity contribution is 0.0803. The maximum Gasteiger partial charge on any atom is 0.250 e. The van der Waals surface area contributed by atoms with Gasteiger partial charge in [-0.15, -0.1) is 0 Å². The van der Waals surface area contributed by atoms with Crippen LogP contribution >= 0.6 is 11.8 Å². The molecule has 0 unspecified atom stereocenters. The fraction of sp³-hybridized carbons (Fsp3) is 0.667. The molecular weight excluding hydrogens is 374 g/mol. The van der Waals surface area contributed by atoms with Crippen molar-refractivity contribution >= 4 is 20.1 Å². The lowest BCUT2D eigenvalue weighted by Crippen LogP contribution is -2.42. The summed E-state index contributed by atoms with van der Waals surface area (Å²) in [5.74, 6) is 0.919. The Balaban J connectivity index is 2.10. The van der Waals surface area contributed by atoms with E-state index in [9.17, 15) is 0 Å². The minimum absolute atomic E-state index is 0.00243. The van der Waals surface area contributed by atoms with E-state index in [1.54, 1.807) is 18.0 Å². The maximum absolute atomic E-state index is 6.60. The van der Waals surface area contributed by atoms with Crippen LogP contribution in [0.1, 0.15) is 48.0 Å². The molecule has 6 heteroatoms. The number of thioether (sulfide) groups is 1. The van der Waals surface area contributed by atoms with Crippen LogP contribution in [0.2, 0.25) is 18.1 Å². The topological polar surface area (TPSA) is 40.6 Å². The van der Waals surface area contributed by atoms with Crippen LogP contribution in [0.5, 0.6) is 0 Å². The molecule has 0 aromatic carbocycles. The van der Waals surface area contributed by atoms with Gasteiger partial charge in [-0.1, -0.05) is 59.4 Å². The molecule has 4 nitrogen and oxygen atoms in total. The molecule has 27 heavy (non-hydrogen) atoms. The van der Waals surface area contributed by atoms with Gasteiger partial charge in [0.05, 0.1) is 11.6 Å². The second-order valence-corrected chi connectivity index (χ2v) is 15.4. The highest BCUT2D eigenvalue weighted by Crippen LogP contribution is 2.41. The molecule has 2 heterocycles. The van der Waals surface area contributed by atoms with Gasteiger partial charge in [0.25, 0.3) is 0 Å². The lowest BCUT2D eigenvalue weighted by Gasteiger charge is -2.40. The SMILES string of the molecule is CC(C)(C)/C(=C/O[C@@H]1CCO[C@H]1Sc1ccccn1)O[Si](C)(C)C(C)(C)C. The Morgan fingerprint density at radius 1 is 1.22 bits per heavy atom. The summed E-state index contributed by atoms with van der Waals surface area (Å²) in [6.45, 7) is 18.5. The molecule has 0 bridgehead atoms. The fourth-order valence-electron chi connectivity index (χ4n) is 2.25. The highest BCUT2D eigenvalue weighted by atomic mass is 32.2. The molecule has 1 aliphatic rings. The molecule has 1 aliphatic heterocycles. The normalized spacial score (nSPS) is 22.0. The third kappa shape index (κ3) is 6.26. The van der Waals surface area contributed by atoms with Gasteiger partial charge in [-0.05, 0) is 30.3 Å². The van der Waals surface area contributed by atoms with E-state index in [1.807, 2.05) is 24.5 Å². The van der Waals surface area contributed by atoms with Crippen LogP contribution in [-0.4, -0.2) is 31.4 Å². The van der Waals surface area contributed by atoms with E-state index < -0.39 is 8.32 Å². The van der Waals surface area contributed by atoms with Crippen LogP contribution < -0.4 is 0 Å². The van der Waals surface area contributed by atoms with Crippen LogP contribution in [0, 0.1) is 5.41 Å². The number of hydrogen-bond acceptors (Lipinski definition) is 5. The van der Waals surface area contributed by atoms with Crippen LogP contribution in [0.25, 0.3) is 0 Å². The van der Waals surface area contributed by atoms with Crippen molar-refractivity contribution in [3.63, 3.8) is 0 Å². The van der Waals surface area contributed by atoms with Crippen molar-refractivity contribution < 1.29 is 13.9 Å². The summed E-state index contributed by atoms with van der Waals surface area (Å²) in [5, 5.41) is 1.10. The second-order valence-electron chi connectivity index (χ2n) is 9.58. The summed E-state index contributed by atoms with van der Waals surface area (Å²) in [7, 11) is -1.93. The first-order valence-electron chi connectivity index (χ1n) is 9.64. The van der Waals surface area contributed by atoms with Crippen molar-refractivity contribution in [3.05, 3.63) is 36.4 Å². The van der Waals surface area contributed by atoms with Gasteiger partial charge < -0.3 is 13.9 Å². The van der Waals surface area contributed by atoms with Crippen LogP contribution in [0.15, 0.2) is 41.4 Å². The second kappa shape index (κ2) is 8.58. The summed E-state index contributed by atoms with van der Waals surface area (Å²) in [5.41, 5.74) is -0.163. The number of hydrogen-bond donors (Lipinski definition) is 0. The number of nitrogens with zero attached hydrogens (tertiary/aromatic N) is 1. The monoisotopic (exact) mass is 409 g/mol. The Morgan fingerprint density at radius 2 is 1.93 bits per heavy atom. The Morgan fingerprint density at radius 3 is 2.48 bits per heavy atom. The smallest absolute Gasteiger partial charge is 0.250 e. The van der Waals surface area contributed by atoms with E-state index in [2.05, 4.69) is 59.6 Å². The summed E-state index contributed by atoms with van der Waals surface area (Å²) >= 11 is 1.62. The molecule has 2 rings (SSSR count). The van der Waals surface area contributed by atoms with Crippen LogP contribution in [-0.2, 0) is 13.9 Å². The van der Waals surface area contributed by atoms with Crippen LogP contribution in [0.3, 0.4) is 0 Å². The summed E-state index contributed by atoms with van der Waals surface area (Å²) in [4.78, 5) is 4.38. The highest BCUT2D eigenvalue weighted by Gasteiger charge is 2.41. The number of rotatable bonds is 6. The third-order valence-electron chi connectivity index (χ3n) is 5.12. The molecule has 0 N–H and O–H groups in total. The van der Waals surface area contributed by atoms with Crippen molar-refractivity contribution in [1.82, 2.24) is 4.98 Å². The van der Waals surface area contributed by atoms with E-state index in [4.69, 9.17) is 13.9 Å². The average molecular weight is 410 g/mol. The summed E-state index contributed by atoms with van der Waals surface area (Å²) < 4.78 is 18.7. The largest absolute Gasteiger partial charge is 0.544 e. The molecule has 0 saturated carbocycles. The molecular formula is C21H35NO3SSi. The zero-order valence-electron chi connectivity index (χ0n) is 18.0. The van der Waals surface area contributed by atoms with Gasteiger partial charge in [0.2, 0.25) is 8.32 Å². The molecule has 152 valence electrons. The Hall–Kier alpha value is -0.983. The zero-order chi connectivity index (χ0) is 20.3. The number of pyridine rings is 1. The van der Waals surface area contributed by atoms with Crippen molar-refractivity contribution in [1.29, 1.82) is 0 Å². The highest BCUT2D eigenvalue weighted by molar-refractivity contribution is 7.99. The van der Waals surface area contributed by atoms with Gasteiger partial charge in [0, 0.05) is 18.0 Å². The Labute approximate surface area is 170 Å². The third-order valence-corrected chi connectivity index (χ3v) is 10.6. The van der Waals surface area contributed by atoms with Gasteiger partial charge in [-0.3, -0.25) is 0 Å². The predicted molar refractivity (Wildman–Crippen MR) is 115 cm³/mol. The average Bonchev–Trinajstić information content (AvgIpc) is 2.97. The Kier molecular flexibility index (Phi) is 7.09. The van der Waals surface area contributed by atoms with E-state index in [0.29, 0.717) is 6.61 Å². The van der Waals surface area contributed by atoms with E-state index in [-0.39, 0.29) is 22.0 Å². The first kappa shape index (κ1) is 22.3. The van der Waals surface area contributed by atoms with E-state index in [0.717, 1.165) is 17.2 Å². The number of aromatic nitrogens is 1. The van der Waals surface area contributed by atoms with E-state index in [1.165, 1.54) is 0 Å². The van der Waals surface area contributed by atoms with Crippen LogP contribution in [0.4, 0.5) is 0 Å². The fourth-order valence-corrected chi connectivity index (χ4v) is 4.50. The Bertz CT molecular complexity index is 635.